The lowest BCUT2D eigenvalue weighted by molar-refractivity contribution is -0.276. The molecule has 3 N–H and O–H groups in total. The van der Waals surface area contributed by atoms with Crippen molar-refractivity contribution >= 4 is 5.97 Å². The van der Waals surface area contributed by atoms with Crippen molar-refractivity contribution in [2.45, 2.75) is 19.1 Å². The number of hydrogen-bond donors (Lipinski definition) is 2. The molecule has 1 aromatic heterocycles. The molecular formula is C9H6F6N2O3. The molecule has 0 atom stereocenters. The summed E-state index contributed by atoms with van der Waals surface area (Å²) in [5.41, 5.74) is 0.757. The van der Waals surface area contributed by atoms with E-state index in [1.807, 2.05) is 0 Å². The van der Waals surface area contributed by atoms with Gasteiger partial charge in [-0.1, -0.05) is 0 Å². The third-order valence-electron chi connectivity index (χ3n) is 2.04. The number of nitrogens with zero attached hydrogens (tertiary/aromatic N) is 1. The van der Waals surface area contributed by atoms with Crippen LogP contribution in [-0.4, -0.2) is 22.4 Å². The molecule has 0 bridgehead atoms. The van der Waals surface area contributed by atoms with Gasteiger partial charge in [0.05, 0.1) is 17.5 Å². The molecule has 0 unspecified atom stereocenters. The Morgan fingerprint density at radius 1 is 1.30 bits per heavy atom. The second-order valence-electron chi connectivity index (χ2n) is 3.37. The molecule has 0 aromatic carbocycles. The van der Waals surface area contributed by atoms with Crippen molar-refractivity contribution in [1.29, 1.82) is 0 Å². The number of pyridine rings is 1. The zero-order valence-corrected chi connectivity index (χ0v) is 9.34. The first-order chi connectivity index (χ1) is 8.97. The van der Waals surface area contributed by atoms with Gasteiger partial charge in [-0.3, -0.25) is 4.98 Å². The maximum atomic E-state index is 12.8. The van der Waals surface area contributed by atoms with Crippen LogP contribution < -0.4 is 10.5 Å². The van der Waals surface area contributed by atoms with Crippen molar-refractivity contribution in [2.75, 3.05) is 0 Å². The smallest absolute Gasteiger partial charge is 0.478 e. The lowest BCUT2D eigenvalue weighted by Gasteiger charge is -2.18. The van der Waals surface area contributed by atoms with Crippen LogP contribution >= 0.6 is 0 Å². The Bertz CT molecular complexity index is 526. The van der Waals surface area contributed by atoms with Gasteiger partial charge in [-0.05, 0) is 0 Å². The molecule has 112 valence electrons. The molecule has 1 heterocycles. The number of nitrogens with two attached hydrogens (primary N) is 1. The van der Waals surface area contributed by atoms with Gasteiger partial charge in [-0.15, -0.1) is 13.2 Å². The minimum absolute atomic E-state index is 0.130. The molecule has 0 radical (unpaired) electrons. The number of halogens is 6. The molecule has 20 heavy (non-hydrogen) atoms. The first-order valence-corrected chi connectivity index (χ1v) is 4.75. The normalized spacial score (nSPS) is 12.3. The summed E-state index contributed by atoms with van der Waals surface area (Å²) in [6, 6.07) is 0. The number of aromatic nitrogens is 1. The van der Waals surface area contributed by atoms with Crippen LogP contribution in [0.2, 0.25) is 0 Å². The van der Waals surface area contributed by atoms with E-state index >= 15 is 0 Å². The van der Waals surface area contributed by atoms with Crippen molar-refractivity contribution in [3.63, 3.8) is 0 Å². The molecule has 0 saturated heterocycles. The van der Waals surface area contributed by atoms with Gasteiger partial charge in [0.1, 0.15) is 5.56 Å². The minimum atomic E-state index is -5.43. The van der Waals surface area contributed by atoms with E-state index in [9.17, 15) is 31.1 Å². The van der Waals surface area contributed by atoms with Crippen LogP contribution in [0.15, 0.2) is 6.20 Å². The fourth-order valence-electron chi connectivity index (χ4n) is 1.40. The van der Waals surface area contributed by atoms with Crippen molar-refractivity contribution in [1.82, 2.24) is 4.98 Å². The topological polar surface area (TPSA) is 85.4 Å². The predicted molar refractivity (Wildman–Crippen MR) is 50.8 cm³/mol. The Kier molecular flexibility index (Phi) is 4.12. The van der Waals surface area contributed by atoms with Gasteiger partial charge < -0.3 is 15.6 Å². The van der Waals surface area contributed by atoms with Gasteiger partial charge in [0.2, 0.25) is 0 Å². The van der Waals surface area contributed by atoms with Crippen LogP contribution in [0.4, 0.5) is 26.3 Å². The molecule has 0 fully saturated rings. The molecule has 0 aliphatic carbocycles. The maximum Gasteiger partial charge on any atom is 0.573 e. The molecule has 5 nitrogen and oxygen atoms in total. The number of aromatic carboxylic acids is 1. The number of hydrogen-bond acceptors (Lipinski definition) is 4. The molecular weight excluding hydrogens is 298 g/mol. The summed E-state index contributed by atoms with van der Waals surface area (Å²) in [7, 11) is 0. The number of carbonyl (C=O) groups is 1. The summed E-state index contributed by atoms with van der Waals surface area (Å²) in [5, 5.41) is 8.73. The van der Waals surface area contributed by atoms with Crippen LogP contribution in [0.5, 0.6) is 5.75 Å². The van der Waals surface area contributed by atoms with Crippen molar-refractivity contribution in [3.05, 3.63) is 23.0 Å². The standard InChI is InChI=1S/C9H6F6N2O3/c10-8(11,12)6-4(20-9(13,14)15)2-17-3(1-16)5(6)7(18)19/h2H,1,16H2,(H,18,19). The van der Waals surface area contributed by atoms with Gasteiger partial charge in [0, 0.05) is 6.54 Å². The summed E-state index contributed by atoms with van der Waals surface area (Å²) in [4.78, 5) is 14.0. The van der Waals surface area contributed by atoms with E-state index in [1.54, 1.807) is 0 Å². The minimum Gasteiger partial charge on any atom is -0.478 e. The van der Waals surface area contributed by atoms with Crippen LogP contribution in [0, 0.1) is 0 Å². The van der Waals surface area contributed by atoms with Gasteiger partial charge in [0.15, 0.2) is 5.75 Å². The highest BCUT2D eigenvalue weighted by molar-refractivity contribution is 5.91. The van der Waals surface area contributed by atoms with Gasteiger partial charge in [-0.2, -0.15) is 13.2 Å². The average Bonchev–Trinajstić information content (AvgIpc) is 2.24. The molecule has 1 rings (SSSR count). The zero-order chi connectivity index (χ0) is 15.7. The molecule has 0 aliphatic rings. The van der Waals surface area contributed by atoms with Gasteiger partial charge in [-0.25, -0.2) is 4.79 Å². The number of alkyl halides is 6. The Balaban J connectivity index is 3.62. The zero-order valence-electron chi connectivity index (χ0n) is 9.34. The fourth-order valence-corrected chi connectivity index (χ4v) is 1.40. The lowest BCUT2D eigenvalue weighted by Crippen LogP contribution is -2.24. The van der Waals surface area contributed by atoms with E-state index in [0.29, 0.717) is 0 Å². The van der Waals surface area contributed by atoms with E-state index in [4.69, 9.17) is 10.8 Å². The highest BCUT2D eigenvalue weighted by Crippen LogP contribution is 2.41. The molecule has 0 saturated carbocycles. The number of carboxylic acids is 1. The Labute approximate surface area is 107 Å². The van der Waals surface area contributed by atoms with E-state index in [0.717, 1.165) is 0 Å². The Morgan fingerprint density at radius 3 is 2.20 bits per heavy atom. The highest BCUT2D eigenvalue weighted by Gasteiger charge is 2.44. The molecule has 0 amide bonds. The largest absolute Gasteiger partial charge is 0.573 e. The summed E-state index contributed by atoms with van der Waals surface area (Å²) < 4.78 is 77.6. The first kappa shape index (κ1) is 16.0. The number of rotatable bonds is 3. The first-order valence-electron chi connectivity index (χ1n) is 4.75. The van der Waals surface area contributed by atoms with Crippen LogP contribution in [-0.2, 0) is 12.7 Å². The van der Waals surface area contributed by atoms with Crippen LogP contribution in [0.25, 0.3) is 0 Å². The third-order valence-corrected chi connectivity index (χ3v) is 2.04. The van der Waals surface area contributed by atoms with Crippen molar-refractivity contribution in [2.24, 2.45) is 5.73 Å². The van der Waals surface area contributed by atoms with E-state index in [2.05, 4.69) is 9.72 Å². The fraction of sp³-hybridized carbons (Fsp3) is 0.333. The SMILES string of the molecule is NCc1ncc(OC(F)(F)F)c(C(F)(F)F)c1C(=O)O. The third kappa shape index (κ3) is 3.50. The van der Waals surface area contributed by atoms with Crippen molar-refractivity contribution < 1.29 is 41.0 Å². The lowest BCUT2D eigenvalue weighted by atomic mass is 10.0. The Morgan fingerprint density at radius 2 is 1.85 bits per heavy atom. The summed E-state index contributed by atoms with van der Waals surface area (Å²) in [6.45, 7) is -0.697. The summed E-state index contributed by atoms with van der Waals surface area (Å²) in [6.07, 6.45) is -10.7. The van der Waals surface area contributed by atoms with E-state index in [1.165, 1.54) is 0 Å². The molecule has 0 aliphatic heterocycles. The van der Waals surface area contributed by atoms with Crippen LogP contribution in [0.1, 0.15) is 21.6 Å². The molecule has 0 spiro atoms. The van der Waals surface area contributed by atoms with Gasteiger partial charge >= 0.3 is 18.5 Å². The number of carboxylic acid groups (broad SMARTS) is 1. The quantitative estimate of drug-likeness (QED) is 0.836. The van der Waals surface area contributed by atoms with E-state index < -0.39 is 47.6 Å². The maximum absolute atomic E-state index is 12.8. The Hall–Kier alpha value is -2.04. The second kappa shape index (κ2) is 5.15. The number of ether oxygens (including phenoxy) is 1. The molecule has 11 heteroatoms. The predicted octanol–water partition coefficient (Wildman–Crippen LogP) is 2.16. The summed E-state index contributed by atoms with van der Waals surface area (Å²) in [5.74, 6) is -3.86. The van der Waals surface area contributed by atoms with Crippen molar-refractivity contribution in [3.8, 4) is 5.75 Å². The van der Waals surface area contributed by atoms with E-state index in [-0.39, 0.29) is 6.20 Å². The van der Waals surface area contributed by atoms with Gasteiger partial charge in [0.25, 0.3) is 0 Å². The highest BCUT2D eigenvalue weighted by atomic mass is 19.4. The second-order valence-corrected chi connectivity index (χ2v) is 3.37. The van der Waals surface area contributed by atoms with Crippen LogP contribution in [0.3, 0.4) is 0 Å². The molecule has 1 aromatic rings. The monoisotopic (exact) mass is 304 g/mol. The average molecular weight is 304 g/mol. The summed E-state index contributed by atoms with van der Waals surface area (Å²) >= 11 is 0.